The first-order chi connectivity index (χ1) is 10.2. The van der Waals surface area contributed by atoms with Crippen LogP contribution in [0.25, 0.3) is 0 Å². The molecule has 0 aliphatic heterocycles. The highest BCUT2D eigenvalue weighted by Gasteiger charge is 2.04. The largest absolute Gasteiger partial charge is 0.357 e. The number of hydrogen-bond donors (Lipinski definition) is 3. The minimum atomic E-state index is -0.0587. The van der Waals surface area contributed by atoms with Gasteiger partial charge in [0.15, 0.2) is 5.96 Å². The van der Waals surface area contributed by atoms with E-state index in [0.29, 0.717) is 19.0 Å². The Morgan fingerprint density at radius 2 is 2.05 bits per heavy atom. The Balaban J connectivity index is 0.00000441. The highest BCUT2D eigenvalue weighted by atomic mass is 127. The van der Waals surface area contributed by atoms with Gasteiger partial charge in [0.25, 0.3) is 0 Å². The molecule has 0 atom stereocenters. The van der Waals surface area contributed by atoms with Crippen LogP contribution in [0, 0.1) is 0 Å². The van der Waals surface area contributed by atoms with Gasteiger partial charge in [0.2, 0.25) is 5.91 Å². The van der Waals surface area contributed by atoms with Gasteiger partial charge in [0.1, 0.15) is 11.6 Å². The average molecular weight is 439 g/mol. The number of aryl methyl sites for hydroxylation is 1. The van der Waals surface area contributed by atoms with Crippen LogP contribution in [0.5, 0.6) is 0 Å². The number of carbonyl (C=O) groups is 1. The molecule has 6 nitrogen and oxygen atoms in total. The van der Waals surface area contributed by atoms with E-state index in [2.05, 4.69) is 32.9 Å². The van der Waals surface area contributed by atoms with E-state index in [1.807, 2.05) is 20.0 Å². The van der Waals surface area contributed by atoms with Crippen LogP contribution in [0.1, 0.15) is 37.1 Å². The Hall–Kier alpha value is -0.900. The maximum Gasteiger partial charge on any atom is 0.241 e. The van der Waals surface area contributed by atoms with Crippen LogP contribution < -0.4 is 16.0 Å². The van der Waals surface area contributed by atoms with Crippen LogP contribution in [0.15, 0.2) is 11.2 Å². The van der Waals surface area contributed by atoms with Gasteiger partial charge in [-0.1, -0.05) is 13.8 Å². The Morgan fingerprint density at radius 1 is 1.27 bits per heavy atom. The molecule has 1 amide bonds. The molecular weight excluding hydrogens is 413 g/mol. The van der Waals surface area contributed by atoms with Gasteiger partial charge in [-0.2, -0.15) is 0 Å². The number of guanidine groups is 1. The summed E-state index contributed by atoms with van der Waals surface area (Å²) in [5, 5.41) is 10.1. The van der Waals surface area contributed by atoms with Gasteiger partial charge >= 0.3 is 0 Å². The van der Waals surface area contributed by atoms with Crippen molar-refractivity contribution < 1.29 is 4.79 Å². The number of nitrogens with zero attached hydrogens (tertiary/aromatic N) is 2. The van der Waals surface area contributed by atoms with Crippen molar-refractivity contribution in [2.75, 3.05) is 19.6 Å². The van der Waals surface area contributed by atoms with E-state index in [9.17, 15) is 4.79 Å². The van der Waals surface area contributed by atoms with Gasteiger partial charge in [-0.25, -0.2) is 9.98 Å². The number of halogens is 1. The third-order valence-electron chi connectivity index (χ3n) is 2.65. The Bertz CT molecular complexity index is 464. The zero-order valence-electron chi connectivity index (χ0n) is 13.4. The van der Waals surface area contributed by atoms with Crippen LogP contribution in [-0.2, 0) is 17.8 Å². The first-order valence-corrected chi connectivity index (χ1v) is 8.23. The highest BCUT2D eigenvalue weighted by Crippen LogP contribution is 2.12. The molecule has 0 saturated carbocycles. The highest BCUT2D eigenvalue weighted by molar-refractivity contribution is 14.0. The van der Waals surface area contributed by atoms with E-state index in [1.54, 1.807) is 11.3 Å². The lowest BCUT2D eigenvalue weighted by molar-refractivity contribution is -0.119. The topological polar surface area (TPSA) is 78.4 Å². The van der Waals surface area contributed by atoms with Crippen LogP contribution in [0.3, 0.4) is 0 Å². The standard InChI is InChI=1S/C14H25N5OS.HI/c1-4-7-16-12(20)9-18-14(15-6-3)19-10-13-17-8-11(5-2)21-13;/h8H,4-7,9-10H2,1-3H3,(H,16,20)(H2,15,18,19);1H. The van der Waals surface area contributed by atoms with Crippen molar-refractivity contribution in [3.8, 4) is 0 Å². The molecule has 126 valence electrons. The fourth-order valence-electron chi connectivity index (χ4n) is 1.57. The molecule has 1 heterocycles. The van der Waals surface area contributed by atoms with Crippen molar-refractivity contribution in [2.24, 2.45) is 4.99 Å². The lowest BCUT2D eigenvalue weighted by Crippen LogP contribution is -2.38. The monoisotopic (exact) mass is 439 g/mol. The fourth-order valence-corrected chi connectivity index (χ4v) is 2.37. The van der Waals surface area contributed by atoms with Gasteiger partial charge in [-0.3, -0.25) is 4.79 Å². The summed E-state index contributed by atoms with van der Waals surface area (Å²) in [4.78, 5) is 21.4. The summed E-state index contributed by atoms with van der Waals surface area (Å²) in [6.45, 7) is 8.32. The third-order valence-corrected chi connectivity index (χ3v) is 3.80. The van der Waals surface area contributed by atoms with Crippen molar-refractivity contribution in [1.82, 2.24) is 20.9 Å². The normalized spacial score (nSPS) is 10.8. The number of rotatable bonds is 8. The van der Waals surface area contributed by atoms with E-state index in [0.717, 1.165) is 24.4 Å². The maximum absolute atomic E-state index is 11.5. The number of carbonyl (C=O) groups excluding carboxylic acids is 1. The summed E-state index contributed by atoms with van der Waals surface area (Å²) in [6, 6.07) is 0. The van der Waals surface area contributed by atoms with E-state index in [-0.39, 0.29) is 36.4 Å². The molecule has 0 spiro atoms. The molecule has 8 heteroatoms. The second-order valence-electron chi connectivity index (χ2n) is 4.47. The first-order valence-electron chi connectivity index (χ1n) is 7.42. The second-order valence-corrected chi connectivity index (χ2v) is 5.67. The van der Waals surface area contributed by atoms with Crippen molar-refractivity contribution in [2.45, 2.75) is 40.2 Å². The van der Waals surface area contributed by atoms with E-state index in [1.165, 1.54) is 4.88 Å². The number of nitrogens with one attached hydrogen (secondary N) is 3. The Labute approximate surface area is 153 Å². The molecule has 22 heavy (non-hydrogen) atoms. The second kappa shape index (κ2) is 12.6. The van der Waals surface area contributed by atoms with Crippen LogP contribution in [0.4, 0.5) is 0 Å². The van der Waals surface area contributed by atoms with Crippen molar-refractivity contribution in [3.05, 3.63) is 16.1 Å². The van der Waals surface area contributed by atoms with Crippen molar-refractivity contribution >= 4 is 47.2 Å². The Kier molecular flexibility index (Phi) is 12.1. The summed E-state index contributed by atoms with van der Waals surface area (Å²) in [7, 11) is 0. The molecule has 0 aliphatic carbocycles. The Morgan fingerprint density at radius 3 is 2.64 bits per heavy atom. The van der Waals surface area contributed by atoms with E-state index >= 15 is 0 Å². The van der Waals surface area contributed by atoms with Gasteiger partial charge in [-0.15, -0.1) is 35.3 Å². The van der Waals surface area contributed by atoms with Crippen LogP contribution >= 0.6 is 35.3 Å². The van der Waals surface area contributed by atoms with Crippen molar-refractivity contribution in [3.63, 3.8) is 0 Å². The molecule has 0 radical (unpaired) electrons. The summed E-state index contributed by atoms with van der Waals surface area (Å²) in [5.41, 5.74) is 0. The van der Waals surface area contributed by atoms with Crippen molar-refractivity contribution in [1.29, 1.82) is 0 Å². The third kappa shape index (κ3) is 8.52. The number of hydrogen-bond acceptors (Lipinski definition) is 4. The molecule has 0 aromatic carbocycles. The van der Waals surface area contributed by atoms with Gasteiger partial charge in [-0.05, 0) is 19.8 Å². The molecule has 1 aromatic rings. The molecule has 0 bridgehead atoms. The van der Waals surface area contributed by atoms with Gasteiger partial charge in [0, 0.05) is 24.2 Å². The van der Waals surface area contributed by atoms with Gasteiger partial charge in [0.05, 0.1) is 6.54 Å². The molecule has 0 saturated heterocycles. The zero-order chi connectivity index (χ0) is 15.5. The quantitative estimate of drug-likeness (QED) is 0.329. The summed E-state index contributed by atoms with van der Waals surface area (Å²) in [5.74, 6) is 0.578. The minimum Gasteiger partial charge on any atom is -0.357 e. The predicted molar refractivity (Wildman–Crippen MR) is 103 cm³/mol. The summed E-state index contributed by atoms with van der Waals surface area (Å²) < 4.78 is 0. The lowest BCUT2D eigenvalue weighted by Gasteiger charge is -2.10. The molecule has 1 rings (SSSR count). The summed E-state index contributed by atoms with van der Waals surface area (Å²) >= 11 is 1.69. The van der Waals surface area contributed by atoms with E-state index in [4.69, 9.17) is 0 Å². The number of aromatic nitrogens is 1. The molecule has 0 unspecified atom stereocenters. The number of aliphatic imine (C=N–C) groups is 1. The SMILES string of the molecule is CCCNC(=O)CN=C(NCC)NCc1ncc(CC)s1.I. The smallest absolute Gasteiger partial charge is 0.241 e. The molecular formula is C14H26IN5OS. The predicted octanol–water partition coefficient (Wildman–Crippen LogP) is 1.90. The molecule has 1 aromatic heterocycles. The first kappa shape index (κ1) is 21.1. The van der Waals surface area contributed by atoms with Gasteiger partial charge < -0.3 is 16.0 Å². The zero-order valence-corrected chi connectivity index (χ0v) is 16.6. The van der Waals surface area contributed by atoms with E-state index < -0.39 is 0 Å². The average Bonchev–Trinajstić information content (AvgIpc) is 2.96. The number of amides is 1. The lowest BCUT2D eigenvalue weighted by atomic mass is 10.4. The summed E-state index contributed by atoms with van der Waals surface area (Å²) in [6.07, 6.45) is 3.84. The van der Waals surface area contributed by atoms with Crippen LogP contribution in [0.2, 0.25) is 0 Å². The molecule has 3 N–H and O–H groups in total. The molecule has 0 fully saturated rings. The fraction of sp³-hybridized carbons (Fsp3) is 0.643. The minimum absolute atomic E-state index is 0. The van der Waals surface area contributed by atoms with Crippen LogP contribution in [-0.4, -0.2) is 36.5 Å². The number of thiazole rings is 1. The maximum atomic E-state index is 11.5. The molecule has 0 aliphatic rings.